The van der Waals surface area contributed by atoms with Crippen LogP contribution in [0, 0.1) is 11.8 Å². The van der Waals surface area contributed by atoms with Crippen LogP contribution in [0.25, 0.3) is 0 Å². The van der Waals surface area contributed by atoms with Gasteiger partial charge < -0.3 is 4.74 Å². The van der Waals surface area contributed by atoms with Crippen LogP contribution >= 0.6 is 0 Å². The van der Waals surface area contributed by atoms with Crippen molar-refractivity contribution in [2.24, 2.45) is 11.8 Å². The Bertz CT molecular complexity index is 295. The lowest BCUT2D eigenvalue weighted by molar-refractivity contribution is -0.157. The molecule has 0 saturated heterocycles. The molecule has 0 aromatic rings. The molecule has 0 aromatic heterocycles. The average Bonchev–Trinajstić information content (AvgIpc) is 2.71. The second kappa shape index (κ2) is 3.66. The van der Waals surface area contributed by atoms with Crippen molar-refractivity contribution in [2.75, 3.05) is 0 Å². The summed E-state index contributed by atoms with van der Waals surface area (Å²) in [6.45, 7) is 7.46. The van der Waals surface area contributed by atoms with E-state index < -0.39 is 0 Å². The molecule has 2 aliphatic carbocycles. The topological polar surface area (TPSA) is 26.3 Å². The van der Waals surface area contributed by atoms with Gasteiger partial charge in [-0.2, -0.15) is 0 Å². The lowest BCUT2D eigenvalue weighted by Gasteiger charge is -2.31. The highest BCUT2D eigenvalue weighted by atomic mass is 16.6. The Kier molecular flexibility index (Phi) is 2.61. The summed E-state index contributed by atoms with van der Waals surface area (Å²) in [5.41, 5.74) is 0.301. The Morgan fingerprint density at radius 2 is 2.13 bits per heavy atom. The molecule has 0 heterocycles. The molecule has 2 saturated carbocycles. The number of ether oxygens (including phenoxy) is 1. The summed E-state index contributed by atoms with van der Waals surface area (Å²) in [5.74, 6) is 1.18. The number of carbonyl (C=O) groups excluding carboxylic acids is 1. The molecule has 2 fully saturated rings. The summed E-state index contributed by atoms with van der Waals surface area (Å²) in [5, 5.41) is 0. The molecular formula is C13H20O2. The Morgan fingerprint density at radius 3 is 2.80 bits per heavy atom. The zero-order chi connectivity index (χ0) is 11.1. The van der Waals surface area contributed by atoms with E-state index in [9.17, 15) is 4.79 Å². The summed E-state index contributed by atoms with van der Waals surface area (Å²) in [6, 6.07) is 0. The predicted molar refractivity (Wildman–Crippen MR) is 59.4 cm³/mol. The van der Waals surface area contributed by atoms with Crippen molar-refractivity contribution >= 4 is 5.97 Å². The molecule has 3 unspecified atom stereocenters. The first-order chi connectivity index (χ1) is 7.03. The SMILES string of the molecule is C=C(C)C(=O)OC1(C)CCC2CCCC21. The zero-order valence-corrected chi connectivity index (χ0v) is 9.71. The molecule has 15 heavy (non-hydrogen) atoms. The molecule has 3 atom stereocenters. The van der Waals surface area contributed by atoms with Gasteiger partial charge in [-0.05, 0) is 39.0 Å². The van der Waals surface area contributed by atoms with Crippen LogP contribution in [0.1, 0.15) is 46.0 Å². The van der Waals surface area contributed by atoms with E-state index in [0.29, 0.717) is 11.5 Å². The highest BCUT2D eigenvalue weighted by Crippen LogP contribution is 2.51. The lowest BCUT2D eigenvalue weighted by atomic mass is 9.89. The first kappa shape index (κ1) is 10.7. The fourth-order valence-electron chi connectivity index (χ4n) is 3.27. The minimum absolute atomic E-state index is 0.211. The van der Waals surface area contributed by atoms with E-state index in [1.807, 2.05) is 0 Å². The number of rotatable bonds is 2. The quantitative estimate of drug-likeness (QED) is 0.515. The summed E-state index contributed by atoms with van der Waals surface area (Å²) >= 11 is 0. The standard InChI is InChI=1S/C13H20O2/c1-9(2)12(14)15-13(3)8-7-10-5-4-6-11(10)13/h10-11H,1,4-8H2,2-3H3. The minimum Gasteiger partial charge on any atom is -0.456 e. The third-order valence-electron chi connectivity index (χ3n) is 4.13. The van der Waals surface area contributed by atoms with Crippen LogP contribution in [-0.2, 0) is 9.53 Å². The minimum atomic E-state index is -0.218. The molecule has 2 rings (SSSR count). The molecule has 2 nitrogen and oxygen atoms in total. The van der Waals surface area contributed by atoms with E-state index in [2.05, 4.69) is 13.5 Å². The van der Waals surface area contributed by atoms with Crippen LogP contribution in [0.2, 0.25) is 0 Å². The maximum atomic E-state index is 11.6. The smallest absolute Gasteiger partial charge is 0.333 e. The van der Waals surface area contributed by atoms with Crippen LogP contribution < -0.4 is 0 Å². The van der Waals surface area contributed by atoms with Crippen LogP contribution in [0.4, 0.5) is 0 Å². The molecule has 0 bridgehead atoms. The Labute approximate surface area is 91.7 Å². The van der Waals surface area contributed by atoms with E-state index in [0.717, 1.165) is 12.3 Å². The van der Waals surface area contributed by atoms with Crippen LogP contribution in [0.3, 0.4) is 0 Å². The molecule has 84 valence electrons. The van der Waals surface area contributed by atoms with Crippen molar-refractivity contribution in [2.45, 2.75) is 51.6 Å². The predicted octanol–water partition coefficient (Wildman–Crippen LogP) is 3.07. The van der Waals surface area contributed by atoms with Gasteiger partial charge in [0.1, 0.15) is 5.60 Å². The third kappa shape index (κ3) is 1.82. The summed E-state index contributed by atoms with van der Waals surface area (Å²) in [6.07, 6.45) is 6.11. The summed E-state index contributed by atoms with van der Waals surface area (Å²) in [7, 11) is 0. The second-order valence-electron chi connectivity index (χ2n) is 5.32. The lowest BCUT2D eigenvalue weighted by Crippen LogP contribution is -2.36. The van der Waals surface area contributed by atoms with Crippen molar-refractivity contribution in [3.05, 3.63) is 12.2 Å². The van der Waals surface area contributed by atoms with Crippen molar-refractivity contribution < 1.29 is 9.53 Å². The fraction of sp³-hybridized carbons (Fsp3) is 0.769. The average molecular weight is 208 g/mol. The van der Waals surface area contributed by atoms with Gasteiger partial charge in [0.25, 0.3) is 0 Å². The highest BCUT2D eigenvalue weighted by molar-refractivity contribution is 5.87. The third-order valence-corrected chi connectivity index (χ3v) is 4.13. The first-order valence-corrected chi connectivity index (χ1v) is 5.92. The van der Waals surface area contributed by atoms with Crippen molar-refractivity contribution in [1.29, 1.82) is 0 Å². The molecule has 0 aromatic carbocycles. The fourth-order valence-corrected chi connectivity index (χ4v) is 3.27. The van der Waals surface area contributed by atoms with E-state index in [1.54, 1.807) is 6.92 Å². The summed E-state index contributed by atoms with van der Waals surface area (Å²) in [4.78, 5) is 11.6. The maximum absolute atomic E-state index is 11.6. The largest absolute Gasteiger partial charge is 0.456 e. The molecule has 0 aliphatic heterocycles. The van der Waals surface area contributed by atoms with Crippen LogP contribution in [0.15, 0.2) is 12.2 Å². The van der Waals surface area contributed by atoms with Crippen LogP contribution in [0.5, 0.6) is 0 Å². The van der Waals surface area contributed by atoms with Crippen molar-refractivity contribution in [3.8, 4) is 0 Å². The van der Waals surface area contributed by atoms with E-state index >= 15 is 0 Å². The zero-order valence-electron chi connectivity index (χ0n) is 9.71. The Morgan fingerprint density at radius 1 is 1.40 bits per heavy atom. The van der Waals surface area contributed by atoms with Gasteiger partial charge in [-0.3, -0.25) is 0 Å². The number of fused-ring (bicyclic) bond motifs is 1. The molecular weight excluding hydrogens is 188 g/mol. The molecule has 0 spiro atoms. The number of hydrogen-bond acceptors (Lipinski definition) is 2. The number of carbonyl (C=O) groups is 1. The van der Waals surface area contributed by atoms with Gasteiger partial charge in [-0.15, -0.1) is 0 Å². The van der Waals surface area contributed by atoms with Gasteiger partial charge in [-0.1, -0.05) is 19.4 Å². The molecule has 2 heteroatoms. The summed E-state index contributed by atoms with van der Waals surface area (Å²) < 4.78 is 5.64. The molecule has 2 aliphatic rings. The molecule has 0 N–H and O–H groups in total. The van der Waals surface area contributed by atoms with Gasteiger partial charge in [0.2, 0.25) is 0 Å². The van der Waals surface area contributed by atoms with E-state index in [4.69, 9.17) is 4.74 Å². The Balaban J connectivity index is 2.07. The highest BCUT2D eigenvalue weighted by Gasteiger charge is 2.49. The van der Waals surface area contributed by atoms with Crippen molar-refractivity contribution in [1.82, 2.24) is 0 Å². The van der Waals surface area contributed by atoms with Gasteiger partial charge in [0.05, 0.1) is 0 Å². The van der Waals surface area contributed by atoms with Gasteiger partial charge in [0.15, 0.2) is 0 Å². The maximum Gasteiger partial charge on any atom is 0.333 e. The van der Waals surface area contributed by atoms with Crippen molar-refractivity contribution in [3.63, 3.8) is 0 Å². The number of hydrogen-bond donors (Lipinski definition) is 0. The monoisotopic (exact) mass is 208 g/mol. The molecule has 0 amide bonds. The van der Waals surface area contributed by atoms with E-state index in [1.165, 1.54) is 25.7 Å². The normalized spacial score (nSPS) is 38.8. The van der Waals surface area contributed by atoms with Gasteiger partial charge in [0, 0.05) is 11.5 Å². The van der Waals surface area contributed by atoms with Gasteiger partial charge >= 0.3 is 5.97 Å². The van der Waals surface area contributed by atoms with Gasteiger partial charge in [-0.25, -0.2) is 4.79 Å². The molecule has 0 radical (unpaired) electrons. The second-order valence-corrected chi connectivity index (χ2v) is 5.32. The Hall–Kier alpha value is -0.790. The van der Waals surface area contributed by atoms with Crippen LogP contribution in [-0.4, -0.2) is 11.6 Å². The first-order valence-electron chi connectivity index (χ1n) is 5.92. The number of esters is 1. The van der Waals surface area contributed by atoms with E-state index in [-0.39, 0.29) is 11.6 Å².